The van der Waals surface area contributed by atoms with Gasteiger partial charge < -0.3 is 10.4 Å². The van der Waals surface area contributed by atoms with E-state index in [2.05, 4.69) is 11.9 Å². The number of ketones is 2. The number of carbonyl (C=O) groups is 2. The third-order valence-corrected chi connectivity index (χ3v) is 4.43. The number of hydrogen-bond acceptors (Lipinski definition) is 4. The Bertz CT molecular complexity index is 801. The van der Waals surface area contributed by atoms with Crippen LogP contribution in [0.25, 0.3) is 0 Å². The largest absolute Gasteiger partial charge is 0.504 e. The highest BCUT2D eigenvalue weighted by Gasteiger charge is 2.37. The molecule has 1 atom stereocenters. The Balaban J connectivity index is 1.99. The Kier molecular flexibility index (Phi) is 4.32. The Morgan fingerprint density at radius 3 is 2.50 bits per heavy atom. The van der Waals surface area contributed by atoms with E-state index in [1.54, 1.807) is 30.3 Å². The van der Waals surface area contributed by atoms with Gasteiger partial charge in [0.2, 0.25) is 5.78 Å². The molecule has 2 N–H and O–H groups in total. The molecular weight excluding hydrogens is 302 g/mol. The molecule has 1 aromatic rings. The lowest BCUT2D eigenvalue weighted by Crippen LogP contribution is -2.45. The van der Waals surface area contributed by atoms with Gasteiger partial charge in [0, 0.05) is 35.2 Å². The van der Waals surface area contributed by atoms with Crippen LogP contribution < -0.4 is 5.32 Å². The number of benzene rings is 1. The van der Waals surface area contributed by atoms with E-state index < -0.39 is 17.1 Å². The summed E-state index contributed by atoms with van der Waals surface area (Å²) in [5.41, 5.74) is 0.254. The molecule has 2 aliphatic rings. The maximum atomic E-state index is 12.8. The molecule has 3 rings (SSSR count). The molecule has 0 saturated carbocycles. The van der Waals surface area contributed by atoms with Gasteiger partial charge in [-0.05, 0) is 6.42 Å². The number of rotatable bonds is 5. The lowest BCUT2D eigenvalue weighted by molar-refractivity contribution is 0.0923. The molecule has 24 heavy (non-hydrogen) atoms. The molecule has 4 heteroatoms. The zero-order valence-electron chi connectivity index (χ0n) is 13.3. The minimum atomic E-state index is -0.519. The van der Waals surface area contributed by atoms with Crippen LogP contribution in [-0.2, 0) is 0 Å². The third-order valence-electron chi connectivity index (χ3n) is 4.43. The summed E-state index contributed by atoms with van der Waals surface area (Å²) in [6.07, 6.45) is 10.5. The average molecular weight is 321 g/mol. The van der Waals surface area contributed by atoms with Gasteiger partial charge >= 0.3 is 0 Å². The van der Waals surface area contributed by atoms with Gasteiger partial charge in [0.05, 0.1) is 0 Å². The van der Waals surface area contributed by atoms with E-state index >= 15 is 0 Å². The number of nitrogens with one attached hydrogen (secondary N) is 1. The van der Waals surface area contributed by atoms with Gasteiger partial charge in [0.25, 0.3) is 0 Å². The van der Waals surface area contributed by atoms with Crippen molar-refractivity contribution in [3.63, 3.8) is 0 Å². The molecule has 0 amide bonds. The van der Waals surface area contributed by atoms with Crippen molar-refractivity contribution in [2.45, 2.75) is 18.4 Å². The topological polar surface area (TPSA) is 66.4 Å². The molecule has 0 aliphatic heterocycles. The molecule has 0 saturated heterocycles. The number of allylic oxidation sites excluding steroid dienone is 3. The van der Waals surface area contributed by atoms with Crippen LogP contribution in [0.1, 0.15) is 33.6 Å². The fourth-order valence-corrected chi connectivity index (χ4v) is 3.16. The third kappa shape index (κ3) is 2.76. The minimum Gasteiger partial charge on any atom is -0.504 e. The van der Waals surface area contributed by atoms with Gasteiger partial charge in [-0.15, -0.1) is 6.58 Å². The van der Waals surface area contributed by atoms with Crippen molar-refractivity contribution in [2.24, 2.45) is 0 Å². The first-order chi connectivity index (χ1) is 11.6. The molecule has 0 bridgehead atoms. The highest BCUT2D eigenvalue weighted by Crippen LogP contribution is 2.33. The Morgan fingerprint density at radius 2 is 1.88 bits per heavy atom. The number of aliphatic hydroxyl groups is 1. The van der Waals surface area contributed by atoms with Crippen LogP contribution in [0.15, 0.2) is 72.6 Å². The van der Waals surface area contributed by atoms with E-state index in [0.717, 1.165) is 0 Å². The van der Waals surface area contributed by atoms with Crippen molar-refractivity contribution < 1.29 is 14.7 Å². The Hall–Kier alpha value is -2.72. The quantitative estimate of drug-likeness (QED) is 0.817. The molecule has 0 radical (unpaired) electrons. The first-order valence-electron chi connectivity index (χ1n) is 7.89. The fourth-order valence-electron chi connectivity index (χ4n) is 3.16. The van der Waals surface area contributed by atoms with Crippen LogP contribution in [0.4, 0.5) is 0 Å². The first-order valence-corrected chi connectivity index (χ1v) is 7.89. The van der Waals surface area contributed by atoms with Crippen molar-refractivity contribution >= 4 is 11.6 Å². The van der Waals surface area contributed by atoms with E-state index in [1.807, 2.05) is 24.3 Å². The fraction of sp³-hybridized carbons (Fsp3) is 0.200. The van der Waals surface area contributed by atoms with Gasteiger partial charge in [0.15, 0.2) is 11.5 Å². The first kappa shape index (κ1) is 16.1. The second-order valence-corrected chi connectivity index (χ2v) is 6.02. The van der Waals surface area contributed by atoms with Crippen LogP contribution in [0.2, 0.25) is 0 Å². The van der Waals surface area contributed by atoms with Crippen molar-refractivity contribution in [1.29, 1.82) is 0 Å². The molecule has 122 valence electrons. The van der Waals surface area contributed by atoms with Gasteiger partial charge in [-0.3, -0.25) is 9.59 Å². The summed E-state index contributed by atoms with van der Waals surface area (Å²) < 4.78 is 0. The molecule has 1 unspecified atom stereocenters. The zero-order valence-corrected chi connectivity index (χ0v) is 13.3. The summed E-state index contributed by atoms with van der Waals surface area (Å²) in [4.78, 5) is 25.2. The SMILES string of the molecule is C=CCNC1(CC2=C(O)C(=O)c3ccccc3C2=O)C=CC=CC1. The van der Waals surface area contributed by atoms with Gasteiger partial charge in [0.1, 0.15) is 0 Å². The number of Topliss-reactive ketones (excluding diaryl/α,β-unsaturated/α-hetero) is 2. The van der Waals surface area contributed by atoms with Gasteiger partial charge in [-0.1, -0.05) is 54.6 Å². The predicted octanol–water partition coefficient (Wildman–Crippen LogP) is 3.30. The molecule has 2 aliphatic carbocycles. The summed E-state index contributed by atoms with van der Waals surface area (Å²) in [6, 6.07) is 6.60. The standard InChI is InChI=1S/C20H19NO3/c1-2-12-21-20(10-6-3-7-11-20)13-16-17(22)14-8-4-5-9-15(14)18(23)19(16)24/h2-10,21,24H,1,11-13H2. The highest BCUT2D eigenvalue weighted by molar-refractivity contribution is 6.26. The second kappa shape index (κ2) is 6.42. The van der Waals surface area contributed by atoms with E-state index in [1.165, 1.54) is 0 Å². The smallest absolute Gasteiger partial charge is 0.228 e. The van der Waals surface area contributed by atoms with Crippen molar-refractivity contribution in [1.82, 2.24) is 5.32 Å². The van der Waals surface area contributed by atoms with Crippen molar-refractivity contribution in [2.75, 3.05) is 6.54 Å². The molecule has 1 aromatic carbocycles. The van der Waals surface area contributed by atoms with Crippen LogP contribution >= 0.6 is 0 Å². The lowest BCUT2D eigenvalue weighted by atomic mass is 9.78. The number of hydrogen-bond donors (Lipinski definition) is 2. The van der Waals surface area contributed by atoms with Crippen LogP contribution in [0.3, 0.4) is 0 Å². The van der Waals surface area contributed by atoms with Crippen LogP contribution in [-0.4, -0.2) is 28.8 Å². The summed E-state index contributed by atoms with van der Waals surface area (Å²) in [6.45, 7) is 4.27. The summed E-state index contributed by atoms with van der Waals surface area (Å²) in [5.74, 6) is -1.22. The van der Waals surface area contributed by atoms with E-state index in [0.29, 0.717) is 18.5 Å². The average Bonchev–Trinajstić information content (AvgIpc) is 2.63. The maximum Gasteiger partial charge on any atom is 0.228 e. The van der Waals surface area contributed by atoms with Gasteiger partial charge in [-0.2, -0.15) is 0 Å². The summed E-state index contributed by atoms with van der Waals surface area (Å²) >= 11 is 0. The maximum absolute atomic E-state index is 12.8. The van der Waals surface area contributed by atoms with Crippen LogP contribution in [0.5, 0.6) is 0 Å². The molecule has 0 heterocycles. The van der Waals surface area contributed by atoms with Crippen LogP contribution in [0, 0.1) is 0 Å². The summed E-state index contributed by atoms with van der Waals surface area (Å²) in [5, 5.41) is 13.7. The molecule has 0 fully saturated rings. The molecule has 0 spiro atoms. The van der Waals surface area contributed by atoms with Gasteiger partial charge in [-0.25, -0.2) is 0 Å². The monoisotopic (exact) mass is 321 g/mol. The second-order valence-electron chi connectivity index (χ2n) is 6.02. The minimum absolute atomic E-state index is 0.162. The Morgan fingerprint density at radius 1 is 1.17 bits per heavy atom. The number of fused-ring (bicyclic) bond motifs is 1. The number of carbonyl (C=O) groups excluding carboxylic acids is 2. The van der Waals surface area contributed by atoms with E-state index in [4.69, 9.17) is 0 Å². The van der Waals surface area contributed by atoms with E-state index in [9.17, 15) is 14.7 Å². The van der Waals surface area contributed by atoms with Crippen molar-refractivity contribution in [3.8, 4) is 0 Å². The molecular formula is C20H19NO3. The Labute approximate surface area is 140 Å². The highest BCUT2D eigenvalue weighted by atomic mass is 16.3. The summed E-state index contributed by atoms with van der Waals surface area (Å²) in [7, 11) is 0. The number of aliphatic hydroxyl groups excluding tert-OH is 1. The molecule has 0 aromatic heterocycles. The molecule has 4 nitrogen and oxygen atoms in total. The lowest BCUT2D eigenvalue weighted by Gasteiger charge is -2.34. The van der Waals surface area contributed by atoms with E-state index in [-0.39, 0.29) is 23.3 Å². The predicted molar refractivity (Wildman–Crippen MR) is 93.2 cm³/mol. The zero-order chi connectivity index (χ0) is 17.2. The normalized spacial score (nSPS) is 22.7. The van der Waals surface area contributed by atoms with Crippen molar-refractivity contribution in [3.05, 3.63) is 83.7 Å².